The van der Waals surface area contributed by atoms with Crippen LogP contribution in [-0.2, 0) is 0 Å². The first-order valence-electron chi connectivity index (χ1n) is 6.14. The van der Waals surface area contributed by atoms with Gasteiger partial charge in [0.25, 0.3) is 0 Å². The van der Waals surface area contributed by atoms with Gasteiger partial charge in [-0.15, -0.1) is 0 Å². The molecule has 0 aliphatic carbocycles. The Morgan fingerprint density at radius 2 is 1.94 bits per heavy atom. The Balaban J connectivity index is 2.16. The molecule has 0 aromatic heterocycles. The minimum Gasteiger partial charge on any atom is -0.313 e. The number of benzene rings is 1. The zero-order valence-electron chi connectivity index (χ0n) is 10.5. The van der Waals surface area contributed by atoms with Crippen molar-refractivity contribution in [3.63, 3.8) is 0 Å². The fraction of sp³-hybridized carbons (Fsp3) is 0.467. The lowest BCUT2D eigenvalue weighted by atomic mass is 10.1. The van der Waals surface area contributed by atoms with Gasteiger partial charge in [0.05, 0.1) is 0 Å². The summed E-state index contributed by atoms with van der Waals surface area (Å²) in [6, 6.07) is 10.4. The van der Waals surface area contributed by atoms with Gasteiger partial charge in [-0.3, -0.25) is 0 Å². The van der Waals surface area contributed by atoms with Gasteiger partial charge in [-0.05, 0) is 36.4 Å². The van der Waals surface area contributed by atoms with Gasteiger partial charge in [0.1, 0.15) is 0 Å². The van der Waals surface area contributed by atoms with E-state index in [-0.39, 0.29) is 0 Å². The molecular formula is C15H23N. The highest BCUT2D eigenvalue weighted by atomic mass is 14.8. The van der Waals surface area contributed by atoms with Gasteiger partial charge in [-0.2, -0.15) is 0 Å². The van der Waals surface area contributed by atoms with Gasteiger partial charge in [0, 0.05) is 6.54 Å². The Hall–Kier alpha value is -1.08. The standard InChI is InChI=1S/C15H23N/c1-13(2)8-7-11-16-12-14(3)15-9-5-4-6-10-15/h4-6,9-10,13,16H,3,7-8,11-12H2,1-2H3. The van der Waals surface area contributed by atoms with E-state index in [1.807, 2.05) is 6.07 Å². The van der Waals surface area contributed by atoms with Crippen LogP contribution < -0.4 is 5.32 Å². The predicted molar refractivity (Wildman–Crippen MR) is 72.4 cm³/mol. The van der Waals surface area contributed by atoms with Crippen molar-refractivity contribution in [2.24, 2.45) is 5.92 Å². The van der Waals surface area contributed by atoms with E-state index in [9.17, 15) is 0 Å². The van der Waals surface area contributed by atoms with Gasteiger partial charge in [-0.25, -0.2) is 0 Å². The van der Waals surface area contributed by atoms with E-state index in [1.165, 1.54) is 24.0 Å². The molecule has 1 rings (SSSR count). The lowest BCUT2D eigenvalue weighted by Gasteiger charge is -2.08. The maximum atomic E-state index is 4.10. The topological polar surface area (TPSA) is 12.0 Å². The quantitative estimate of drug-likeness (QED) is 0.686. The molecule has 88 valence electrons. The van der Waals surface area contributed by atoms with Crippen LogP contribution in [0.4, 0.5) is 0 Å². The van der Waals surface area contributed by atoms with Crippen molar-refractivity contribution in [2.45, 2.75) is 26.7 Å². The summed E-state index contributed by atoms with van der Waals surface area (Å²) in [7, 11) is 0. The minimum atomic E-state index is 0.805. The summed E-state index contributed by atoms with van der Waals surface area (Å²) in [5.74, 6) is 0.805. The Labute approximate surface area is 99.6 Å². The molecule has 0 spiro atoms. The molecule has 0 radical (unpaired) electrons. The zero-order valence-corrected chi connectivity index (χ0v) is 10.5. The summed E-state index contributed by atoms with van der Waals surface area (Å²) in [6.45, 7) is 10.6. The summed E-state index contributed by atoms with van der Waals surface area (Å²) >= 11 is 0. The SMILES string of the molecule is C=C(CNCCCC(C)C)c1ccccc1. The third-order valence-electron chi connectivity index (χ3n) is 2.66. The maximum absolute atomic E-state index is 4.10. The average Bonchev–Trinajstić information content (AvgIpc) is 2.29. The second-order valence-corrected chi connectivity index (χ2v) is 4.68. The lowest BCUT2D eigenvalue weighted by Crippen LogP contribution is -2.17. The maximum Gasteiger partial charge on any atom is 0.0205 e. The number of hydrogen-bond acceptors (Lipinski definition) is 1. The number of hydrogen-bond donors (Lipinski definition) is 1. The normalized spacial score (nSPS) is 10.7. The van der Waals surface area contributed by atoms with Crippen LogP contribution in [0.25, 0.3) is 5.57 Å². The van der Waals surface area contributed by atoms with E-state index >= 15 is 0 Å². The third kappa shape index (κ3) is 5.13. The van der Waals surface area contributed by atoms with Crippen molar-refractivity contribution < 1.29 is 0 Å². The molecular weight excluding hydrogens is 194 g/mol. The molecule has 0 saturated carbocycles. The average molecular weight is 217 g/mol. The molecule has 0 heterocycles. The van der Waals surface area contributed by atoms with Gasteiger partial charge >= 0.3 is 0 Å². The highest BCUT2D eigenvalue weighted by molar-refractivity contribution is 5.64. The first kappa shape index (κ1) is 13.0. The molecule has 0 saturated heterocycles. The summed E-state index contributed by atoms with van der Waals surface area (Å²) in [4.78, 5) is 0. The fourth-order valence-corrected chi connectivity index (χ4v) is 1.65. The molecule has 1 aromatic carbocycles. The van der Waals surface area contributed by atoms with E-state index in [1.54, 1.807) is 0 Å². The molecule has 1 N–H and O–H groups in total. The Bertz CT molecular complexity index is 300. The lowest BCUT2D eigenvalue weighted by molar-refractivity contribution is 0.538. The number of rotatable bonds is 7. The minimum absolute atomic E-state index is 0.805. The van der Waals surface area contributed by atoms with Gasteiger partial charge in [0.2, 0.25) is 0 Å². The van der Waals surface area contributed by atoms with Crippen LogP contribution in [0.2, 0.25) is 0 Å². The largest absolute Gasteiger partial charge is 0.313 e. The van der Waals surface area contributed by atoms with E-state index in [0.29, 0.717) is 0 Å². The molecule has 0 atom stereocenters. The molecule has 1 nitrogen and oxygen atoms in total. The Kier molecular flexibility index (Phi) is 5.87. The first-order chi connectivity index (χ1) is 7.70. The third-order valence-corrected chi connectivity index (χ3v) is 2.66. The van der Waals surface area contributed by atoms with Crippen molar-refractivity contribution in [3.05, 3.63) is 42.5 Å². The van der Waals surface area contributed by atoms with Crippen LogP contribution in [0, 0.1) is 5.92 Å². The van der Waals surface area contributed by atoms with Gasteiger partial charge in [0.15, 0.2) is 0 Å². The second kappa shape index (κ2) is 7.24. The monoisotopic (exact) mass is 217 g/mol. The van der Waals surface area contributed by atoms with Crippen LogP contribution in [-0.4, -0.2) is 13.1 Å². The molecule has 0 aliphatic heterocycles. The molecule has 1 heteroatoms. The fourth-order valence-electron chi connectivity index (χ4n) is 1.65. The van der Waals surface area contributed by atoms with E-state index < -0.39 is 0 Å². The Morgan fingerprint density at radius 1 is 1.25 bits per heavy atom. The van der Waals surface area contributed by atoms with E-state index in [2.05, 4.69) is 50.0 Å². The summed E-state index contributed by atoms with van der Waals surface area (Å²) in [5.41, 5.74) is 2.41. The highest BCUT2D eigenvalue weighted by Gasteiger charge is 1.97. The zero-order chi connectivity index (χ0) is 11.8. The van der Waals surface area contributed by atoms with Crippen molar-refractivity contribution in [2.75, 3.05) is 13.1 Å². The number of nitrogens with one attached hydrogen (secondary N) is 1. The highest BCUT2D eigenvalue weighted by Crippen LogP contribution is 2.10. The van der Waals surface area contributed by atoms with Crippen molar-refractivity contribution in [1.82, 2.24) is 5.32 Å². The Morgan fingerprint density at radius 3 is 2.56 bits per heavy atom. The molecule has 16 heavy (non-hydrogen) atoms. The molecule has 0 aliphatic rings. The smallest absolute Gasteiger partial charge is 0.0205 e. The van der Waals surface area contributed by atoms with Crippen LogP contribution in [0.5, 0.6) is 0 Å². The summed E-state index contributed by atoms with van der Waals surface area (Å²) in [6.07, 6.45) is 2.55. The van der Waals surface area contributed by atoms with Crippen LogP contribution >= 0.6 is 0 Å². The molecule has 1 aromatic rings. The molecule has 0 amide bonds. The summed E-state index contributed by atoms with van der Waals surface area (Å²) in [5, 5.41) is 3.44. The van der Waals surface area contributed by atoms with Crippen molar-refractivity contribution in [1.29, 1.82) is 0 Å². The second-order valence-electron chi connectivity index (χ2n) is 4.68. The first-order valence-corrected chi connectivity index (χ1v) is 6.14. The molecule has 0 fully saturated rings. The molecule has 0 bridgehead atoms. The van der Waals surface area contributed by atoms with E-state index in [4.69, 9.17) is 0 Å². The predicted octanol–water partition coefficient (Wildman–Crippen LogP) is 3.73. The summed E-state index contributed by atoms with van der Waals surface area (Å²) < 4.78 is 0. The van der Waals surface area contributed by atoms with Crippen molar-refractivity contribution in [3.8, 4) is 0 Å². The van der Waals surface area contributed by atoms with Gasteiger partial charge < -0.3 is 5.32 Å². The van der Waals surface area contributed by atoms with Crippen molar-refractivity contribution >= 4 is 5.57 Å². The van der Waals surface area contributed by atoms with Crippen LogP contribution in [0.15, 0.2) is 36.9 Å². The van der Waals surface area contributed by atoms with Crippen LogP contribution in [0.1, 0.15) is 32.3 Å². The van der Waals surface area contributed by atoms with Crippen LogP contribution in [0.3, 0.4) is 0 Å². The van der Waals surface area contributed by atoms with Gasteiger partial charge in [-0.1, -0.05) is 50.8 Å². The van der Waals surface area contributed by atoms with E-state index in [0.717, 1.165) is 19.0 Å². The molecule has 0 unspecified atom stereocenters.